The van der Waals surface area contributed by atoms with Gasteiger partial charge in [0.05, 0.1) is 11.6 Å². The Kier molecular flexibility index (Phi) is 3.63. The van der Waals surface area contributed by atoms with E-state index in [1.165, 1.54) is 0 Å². The molecule has 2 rings (SSSR count). The maximum Gasteiger partial charge on any atom is 0.253 e. The molecule has 94 valence electrons. The predicted octanol–water partition coefficient (Wildman–Crippen LogP) is 2.93. The molecule has 3 heteroatoms. The van der Waals surface area contributed by atoms with E-state index in [9.17, 15) is 4.79 Å². The normalized spacial score (nSPS) is 9.74. The van der Waals surface area contributed by atoms with Crippen LogP contribution in [0, 0.1) is 11.3 Å². The molecular weight excluding hydrogens is 236 g/mol. The van der Waals surface area contributed by atoms with E-state index >= 15 is 0 Å². The number of nitriles is 1. The van der Waals surface area contributed by atoms with Gasteiger partial charge in [0.2, 0.25) is 0 Å². The van der Waals surface area contributed by atoms with Crippen molar-refractivity contribution >= 4 is 5.91 Å². The molecule has 0 aromatic heterocycles. The SMILES string of the molecule is CN(C)C(=O)c1cccc(-c2ccc(C#N)cc2)c1. The molecule has 2 aromatic carbocycles. The molecule has 0 spiro atoms. The average Bonchev–Trinajstić information content (AvgIpc) is 2.46. The lowest BCUT2D eigenvalue weighted by Gasteiger charge is -2.11. The Bertz CT molecular complexity index is 637. The van der Waals surface area contributed by atoms with E-state index in [0.29, 0.717) is 11.1 Å². The summed E-state index contributed by atoms with van der Waals surface area (Å²) in [4.78, 5) is 13.5. The summed E-state index contributed by atoms with van der Waals surface area (Å²) >= 11 is 0. The van der Waals surface area contributed by atoms with Crippen LogP contribution in [0.2, 0.25) is 0 Å². The van der Waals surface area contributed by atoms with E-state index < -0.39 is 0 Å². The van der Waals surface area contributed by atoms with Crippen molar-refractivity contribution in [3.05, 3.63) is 59.7 Å². The molecule has 0 aliphatic carbocycles. The molecule has 0 N–H and O–H groups in total. The summed E-state index contributed by atoms with van der Waals surface area (Å²) in [6.07, 6.45) is 0. The quantitative estimate of drug-likeness (QED) is 0.822. The van der Waals surface area contributed by atoms with Crippen molar-refractivity contribution in [1.29, 1.82) is 5.26 Å². The van der Waals surface area contributed by atoms with Crippen LogP contribution in [0.4, 0.5) is 0 Å². The van der Waals surface area contributed by atoms with Gasteiger partial charge in [-0.25, -0.2) is 0 Å². The molecule has 0 heterocycles. The second-order valence-corrected chi connectivity index (χ2v) is 4.47. The summed E-state index contributed by atoms with van der Waals surface area (Å²) < 4.78 is 0. The van der Waals surface area contributed by atoms with Crippen LogP contribution in [0.25, 0.3) is 11.1 Å². The molecule has 1 amide bonds. The first-order chi connectivity index (χ1) is 9.11. The minimum Gasteiger partial charge on any atom is -0.345 e. The molecule has 0 saturated carbocycles. The number of amides is 1. The van der Waals surface area contributed by atoms with Crippen LogP contribution >= 0.6 is 0 Å². The van der Waals surface area contributed by atoms with Gasteiger partial charge in [0, 0.05) is 19.7 Å². The van der Waals surface area contributed by atoms with Crippen LogP contribution in [-0.4, -0.2) is 24.9 Å². The Morgan fingerprint density at radius 1 is 1.05 bits per heavy atom. The fraction of sp³-hybridized carbons (Fsp3) is 0.125. The largest absolute Gasteiger partial charge is 0.345 e. The molecule has 0 aliphatic heterocycles. The van der Waals surface area contributed by atoms with Crippen LogP contribution in [0.5, 0.6) is 0 Å². The van der Waals surface area contributed by atoms with Crippen molar-refractivity contribution in [2.75, 3.05) is 14.1 Å². The number of carbonyl (C=O) groups is 1. The number of benzene rings is 2. The summed E-state index contributed by atoms with van der Waals surface area (Å²) in [5.41, 5.74) is 3.25. The third kappa shape index (κ3) is 2.80. The van der Waals surface area contributed by atoms with Gasteiger partial charge in [-0.1, -0.05) is 24.3 Å². The van der Waals surface area contributed by atoms with Gasteiger partial charge < -0.3 is 4.90 Å². The van der Waals surface area contributed by atoms with Gasteiger partial charge in [-0.05, 0) is 35.4 Å². The topological polar surface area (TPSA) is 44.1 Å². The van der Waals surface area contributed by atoms with E-state index in [1.54, 1.807) is 37.2 Å². The zero-order valence-corrected chi connectivity index (χ0v) is 10.9. The van der Waals surface area contributed by atoms with Gasteiger partial charge in [-0.2, -0.15) is 5.26 Å². The molecule has 3 nitrogen and oxygen atoms in total. The second-order valence-electron chi connectivity index (χ2n) is 4.47. The molecule has 0 fully saturated rings. The first-order valence-electron chi connectivity index (χ1n) is 5.94. The van der Waals surface area contributed by atoms with E-state index in [0.717, 1.165) is 11.1 Å². The van der Waals surface area contributed by atoms with Gasteiger partial charge in [0.25, 0.3) is 5.91 Å². The van der Waals surface area contributed by atoms with Gasteiger partial charge in [-0.15, -0.1) is 0 Å². The zero-order chi connectivity index (χ0) is 13.8. The highest BCUT2D eigenvalue weighted by Gasteiger charge is 2.08. The summed E-state index contributed by atoms with van der Waals surface area (Å²) in [7, 11) is 3.47. The summed E-state index contributed by atoms with van der Waals surface area (Å²) in [5.74, 6) is -0.0181. The minimum atomic E-state index is -0.0181. The number of rotatable bonds is 2. The summed E-state index contributed by atoms with van der Waals surface area (Å²) in [6.45, 7) is 0. The Labute approximate surface area is 112 Å². The van der Waals surface area contributed by atoms with Crippen molar-refractivity contribution in [2.45, 2.75) is 0 Å². The highest BCUT2D eigenvalue weighted by molar-refractivity contribution is 5.95. The van der Waals surface area contributed by atoms with E-state index in [2.05, 4.69) is 6.07 Å². The zero-order valence-electron chi connectivity index (χ0n) is 10.9. The number of hydrogen-bond acceptors (Lipinski definition) is 2. The highest BCUT2D eigenvalue weighted by atomic mass is 16.2. The Morgan fingerprint density at radius 3 is 2.32 bits per heavy atom. The number of carbonyl (C=O) groups excluding carboxylic acids is 1. The second kappa shape index (κ2) is 5.36. The van der Waals surface area contributed by atoms with Crippen molar-refractivity contribution in [2.24, 2.45) is 0 Å². The predicted molar refractivity (Wildman–Crippen MR) is 74.6 cm³/mol. The van der Waals surface area contributed by atoms with Crippen molar-refractivity contribution in [3.63, 3.8) is 0 Å². The number of nitrogens with zero attached hydrogens (tertiary/aromatic N) is 2. The van der Waals surface area contributed by atoms with Crippen LogP contribution in [0.3, 0.4) is 0 Å². The Morgan fingerprint density at radius 2 is 1.74 bits per heavy atom. The van der Waals surface area contributed by atoms with E-state index in [4.69, 9.17) is 5.26 Å². The lowest BCUT2D eigenvalue weighted by atomic mass is 10.0. The smallest absolute Gasteiger partial charge is 0.253 e. The van der Waals surface area contributed by atoms with Crippen molar-refractivity contribution in [3.8, 4) is 17.2 Å². The third-order valence-electron chi connectivity index (χ3n) is 2.86. The fourth-order valence-corrected chi connectivity index (χ4v) is 1.83. The van der Waals surface area contributed by atoms with Crippen LogP contribution in [0.15, 0.2) is 48.5 Å². The van der Waals surface area contributed by atoms with Gasteiger partial charge >= 0.3 is 0 Å². The van der Waals surface area contributed by atoms with Crippen LogP contribution in [-0.2, 0) is 0 Å². The molecule has 0 atom stereocenters. The number of hydrogen-bond donors (Lipinski definition) is 0. The van der Waals surface area contributed by atoms with E-state index in [-0.39, 0.29) is 5.91 Å². The Hall–Kier alpha value is -2.60. The molecule has 0 radical (unpaired) electrons. The Balaban J connectivity index is 2.38. The van der Waals surface area contributed by atoms with E-state index in [1.807, 2.05) is 30.3 Å². The molecule has 0 unspecified atom stereocenters. The highest BCUT2D eigenvalue weighted by Crippen LogP contribution is 2.21. The average molecular weight is 250 g/mol. The van der Waals surface area contributed by atoms with Crippen molar-refractivity contribution < 1.29 is 4.79 Å². The summed E-state index contributed by atoms with van der Waals surface area (Å²) in [5, 5.41) is 8.78. The van der Waals surface area contributed by atoms with Gasteiger partial charge in [0.1, 0.15) is 0 Å². The standard InChI is InChI=1S/C16H14N2O/c1-18(2)16(19)15-5-3-4-14(10-15)13-8-6-12(11-17)7-9-13/h3-10H,1-2H3. The van der Waals surface area contributed by atoms with Crippen molar-refractivity contribution in [1.82, 2.24) is 4.90 Å². The molecule has 2 aromatic rings. The fourth-order valence-electron chi connectivity index (χ4n) is 1.83. The summed E-state index contributed by atoms with van der Waals surface area (Å²) in [6, 6.07) is 16.9. The third-order valence-corrected chi connectivity index (χ3v) is 2.86. The first kappa shape index (κ1) is 12.8. The molecule has 0 aliphatic rings. The maximum absolute atomic E-state index is 11.9. The molecule has 0 saturated heterocycles. The van der Waals surface area contributed by atoms with Crippen LogP contribution in [0.1, 0.15) is 15.9 Å². The lowest BCUT2D eigenvalue weighted by Crippen LogP contribution is -2.21. The maximum atomic E-state index is 11.9. The minimum absolute atomic E-state index is 0.0181. The molecular formula is C16H14N2O. The van der Waals surface area contributed by atoms with Gasteiger partial charge in [0.15, 0.2) is 0 Å². The monoisotopic (exact) mass is 250 g/mol. The van der Waals surface area contributed by atoms with Gasteiger partial charge in [-0.3, -0.25) is 4.79 Å². The van der Waals surface area contributed by atoms with Crippen LogP contribution < -0.4 is 0 Å². The lowest BCUT2D eigenvalue weighted by molar-refractivity contribution is 0.0827. The first-order valence-corrected chi connectivity index (χ1v) is 5.94. The molecule has 19 heavy (non-hydrogen) atoms. The molecule has 0 bridgehead atoms.